The second-order valence-electron chi connectivity index (χ2n) is 6.35. The zero-order valence-corrected chi connectivity index (χ0v) is 14.2. The first-order valence-electron chi connectivity index (χ1n) is 7.97. The Labute approximate surface area is 137 Å². The normalized spacial score (nSPS) is 12.4. The van der Waals surface area contributed by atoms with Gasteiger partial charge in [-0.2, -0.15) is 0 Å². The van der Waals surface area contributed by atoms with E-state index in [4.69, 9.17) is 0 Å². The zero-order valence-electron chi connectivity index (χ0n) is 14.2. The quantitative estimate of drug-likeness (QED) is 0.859. The summed E-state index contributed by atoms with van der Waals surface area (Å²) >= 11 is 0. The van der Waals surface area contributed by atoms with Crippen molar-refractivity contribution in [2.24, 2.45) is 5.92 Å². The first-order chi connectivity index (χ1) is 11.0. The van der Waals surface area contributed by atoms with Gasteiger partial charge < -0.3 is 10.6 Å². The number of hydrogen-bond donors (Lipinski definition) is 2. The minimum absolute atomic E-state index is 0.0216. The van der Waals surface area contributed by atoms with Crippen molar-refractivity contribution in [1.82, 2.24) is 20.3 Å². The maximum atomic E-state index is 12.2. The highest BCUT2D eigenvalue weighted by atomic mass is 16.2. The van der Waals surface area contributed by atoms with Crippen LogP contribution in [0.3, 0.4) is 0 Å². The molecule has 0 unspecified atom stereocenters. The lowest BCUT2D eigenvalue weighted by atomic mass is 10.0. The molecule has 1 atom stereocenters. The topological polar surface area (TPSA) is 71.8 Å². The van der Waals surface area contributed by atoms with Crippen molar-refractivity contribution < 1.29 is 4.79 Å². The van der Waals surface area contributed by atoms with E-state index in [0.717, 1.165) is 5.69 Å². The molecule has 6 nitrogen and oxygen atoms in total. The summed E-state index contributed by atoms with van der Waals surface area (Å²) in [5.74, 6) is 0.763. The summed E-state index contributed by atoms with van der Waals surface area (Å²) in [4.78, 5) is 12.2. The molecule has 1 heterocycles. The number of carbonyl (C=O) groups is 1. The number of benzene rings is 1. The molecule has 0 fully saturated rings. The van der Waals surface area contributed by atoms with Gasteiger partial charge in [0.15, 0.2) is 0 Å². The van der Waals surface area contributed by atoms with E-state index in [1.807, 2.05) is 24.3 Å². The molecule has 124 valence electrons. The molecule has 0 saturated heterocycles. The summed E-state index contributed by atoms with van der Waals surface area (Å²) in [6.45, 7) is 9.02. The van der Waals surface area contributed by atoms with Crippen LogP contribution in [-0.4, -0.2) is 27.1 Å². The maximum absolute atomic E-state index is 12.2. The van der Waals surface area contributed by atoms with E-state index in [9.17, 15) is 4.79 Å². The number of urea groups is 1. The number of nitrogens with zero attached hydrogens (tertiary/aromatic N) is 3. The van der Waals surface area contributed by atoms with Gasteiger partial charge in [0.25, 0.3) is 0 Å². The lowest BCUT2D eigenvalue weighted by Gasteiger charge is -2.22. The second kappa shape index (κ2) is 7.76. The van der Waals surface area contributed by atoms with Crippen LogP contribution in [0.5, 0.6) is 0 Å². The minimum atomic E-state index is -0.207. The first-order valence-corrected chi connectivity index (χ1v) is 7.97. The van der Waals surface area contributed by atoms with Gasteiger partial charge in [-0.1, -0.05) is 45.0 Å². The van der Waals surface area contributed by atoms with Gasteiger partial charge in [-0.3, -0.25) is 4.68 Å². The Hall–Kier alpha value is -2.37. The highest BCUT2D eigenvalue weighted by Crippen LogP contribution is 2.17. The van der Waals surface area contributed by atoms with Crippen LogP contribution in [-0.2, 0) is 6.54 Å². The van der Waals surface area contributed by atoms with Crippen molar-refractivity contribution in [3.05, 3.63) is 42.2 Å². The fourth-order valence-electron chi connectivity index (χ4n) is 2.24. The van der Waals surface area contributed by atoms with E-state index in [1.54, 1.807) is 17.1 Å². The standard InChI is InChI=1S/C17H25N5O/c1-12(2)14-5-7-15(8-6-14)19-17(23)20-16(13(3)4)11-22-10-9-18-21-22/h5-10,12-13,16H,11H2,1-4H3,(H2,19,20,23)/t16-/m1/s1. The number of amides is 2. The van der Waals surface area contributed by atoms with Crippen LogP contribution in [0.15, 0.2) is 36.7 Å². The lowest BCUT2D eigenvalue weighted by Crippen LogP contribution is -2.43. The molecule has 2 aromatic rings. The van der Waals surface area contributed by atoms with Gasteiger partial charge in [0.2, 0.25) is 0 Å². The molecule has 1 aromatic heterocycles. The van der Waals surface area contributed by atoms with E-state index in [1.165, 1.54) is 5.56 Å². The molecule has 0 radical (unpaired) electrons. The number of rotatable bonds is 6. The molecular weight excluding hydrogens is 290 g/mol. The van der Waals surface area contributed by atoms with Crippen LogP contribution in [0, 0.1) is 5.92 Å². The average molecular weight is 315 g/mol. The first kappa shape index (κ1) is 17.0. The van der Waals surface area contributed by atoms with Crippen molar-refractivity contribution in [3.8, 4) is 0 Å². The van der Waals surface area contributed by atoms with Crippen LogP contribution in [0.1, 0.15) is 39.2 Å². The van der Waals surface area contributed by atoms with Crippen LogP contribution < -0.4 is 10.6 Å². The highest BCUT2D eigenvalue weighted by molar-refractivity contribution is 5.89. The van der Waals surface area contributed by atoms with Crippen LogP contribution in [0.25, 0.3) is 0 Å². The smallest absolute Gasteiger partial charge is 0.319 e. The Bertz CT molecular complexity index is 604. The van der Waals surface area contributed by atoms with Gasteiger partial charge in [0.05, 0.1) is 18.8 Å². The molecule has 6 heteroatoms. The van der Waals surface area contributed by atoms with Gasteiger partial charge in [-0.15, -0.1) is 5.10 Å². The molecule has 0 saturated carbocycles. The Morgan fingerprint density at radius 3 is 2.39 bits per heavy atom. The fraction of sp³-hybridized carbons (Fsp3) is 0.471. The van der Waals surface area contributed by atoms with Crippen molar-refractivity contribution >= 4 is 11.7 Å². The molecule has 0 aliphatic heterocycles. The maximum Gasteiger partial charge on any atom is 0.319 e. The number of nitrogens with one attached hydrogen (secondary N) is 2. The molecule has 2 rings (SSSR count). The number of hydrogen-bond acceptors (Lipinski definition) is 3. The summed E-state index contributed by atoms with van der Waals surface area (Å²) < 4.78 is 1.72. The second-order valence-corrected chi connectivity index (χ2v) is 6.35. The fourth-order valence-corrected chi connectivity index (χ4v) is 2.24. The molecule has 2 amide bonds. The Balaban J connectivity index is 1.93. The minimum Gasteiger partial charge on any atom is -0.333 e. The largest absolute Gasteiger partial charge is 0.333 e. The molecule has 0 aliphatic carbocycles. The predicted octanol–water partition coefficient (Wildman–Crippen LogP) is 3.25. The van der Waals surface area contributed by atoms with Crippen molar-refractivity contribution in [1.29, 1.82) is 0 Å². The average Bonchev–Trinajstić information content (AvgIpc) is 3.00. The Morgan fingerprint density at radius 2 is 1.87 bits per heavy atom. The number of aromatic nitrogens is 3. The van der Waals surface area contributed by atoms with Gasteiger partial charge in [-0.25, -0.2) is 4.79 Å². The molecule has 0 bridgehead atoms. The molecule has 1 aromatic carbocycles. The van der Waals surface area contributed by atoms with Gasteiger partial charge in [0.1, 0.15) is 0 Å². The van der Waals surface area contributed by atoms with Gasteiger partial charge in [-0.05, 0) is 29.5 Å². The van der Waals surface area contributed by atoms with E-state index >= 15 is 0 Å². The molecular formula is C17H25N5O. The molecule has 0 spiro atoms. The Morgan fingerprint density at radius 1 is 1.17 bits per heavy atom. The van der Waals surface area contributed by atoms with Crippen LogP contribution >= 0.6 is 0 Å². The van der Waals surface area contributed by atoms with E-state index in [0.29, 0.717) is 12.5 Å². The Kier molecular flexibility index (Phi) is 5.73. The summed E-state index contributed by atoms with van der Waals surface area (Å²) in [6.07, 6.45) is 3.42. The SMILES string of the molecule is CC(C)c1ccc(NC(=O)N[C@H](Cn2ccnn2)C(C)C)cc1. The summed E-state index contributed by atoms with van der Waals surface area (Å²) in [5.41, 5.74) is 2.04. The number of anilines is 1. The summed E-state index contributed by atoms with van der Waals surface area (Å²) in [6, 6.07) is 7.70. The van der Waals surface area contributed by atoms with E-state index in [2.05, 4.69) is 48.6 Å². The number of carbonyl (C=O) groups excluding carboxylic acids is 1. The molecule has 2 N–H and O–H groups in total. The monoisotopic (exact) mass is 315 g/mol. The van der Waals surface area contributed by atoms with Crippen molar-refractivity contribution in [2.45, 2.75) is 46.2 Å². The van der Waals surface area contributed by atoms with Gasteiger partial charge in [0, 0.05) is 11.9 Å². The van der Waals surface area contributed by atoms with Crippen molar-refractivity contribution in [3.63, 3.8) is 0 Å². The van der Waals surface area contributed by atoms with E-state index < -0.39 is 0 Å². The molecule has 23 heavy (non-hydrogen) atoms. The third kappa shape index (κ3) is 5.09. The highest BCUT2D eigenvalue weighted by Gasteiger charge is 2.17. The third-order valence-electron chi connectivity index (χ3n) is 3.81. The van der Waals surface area contributed by atoms with E-state index in [-0.39, 0.29) is 18.0 Å². The zero-order chi connectivity index (χ0) is 16.8. The third-order valence-corrected chi connectivity index (χ3v) is 3.81. The predicted molar refractivity (Wildman–Crippen MR) is 91.3 cm³/mol. The van der Waals surface area contributed by atoms with Crippen LogP contribution in [0.4, 0.5) is 10.5 Å². The van der Waals surface area contributed by atoms with Gasteiger partial charge >= 0.3 is 6.03 Å². The van der Waals surface area contributed by atoms with Crippen LogP contribution in [0.2, 0.25) is 0 Å². The lowest BCUT2D eigenvalue weighted by molar-refractivity contribution is 0.240. The molecule has 0 aliphatic rings. The summed E-state index contributed by atoms with van der Waals surface area (Å²) in [5, 5.41) is 13.6. The van der Waals surface area contributed by atoms with Crippen molar-refractivity contribution in [2.75, 3.05) is 5.32 Å². The summed E-state index contributed by atoms with van der Waals surface area (Å²) in [7, 11) is 0.